The fourth-order valence-corrected chi connectivity index (χ4v) is 3.08. The van der Waals surface area contributed by atoms with Crippen LogP contribution in [0.5, 0.6) is 0 Å². The number of hydrogen-bond acceptors (Lipinski definition) is 4. The molecule has 0 saturated carbocycles. The van der Waals surface area contributed by atoms with E-state index in [2.05, 4.69) is 0 Å². The van der Waals surface area contributed by atoms with Crippen molar-refractivity contribution >= 4 is 23.6 Å². The molecule has 5 nitrogen and oxygen atoms in total. The molecule has 2 rings (SSSR count). The summed E-state index contributed by atoms with van der Waals surface area (Å²) in [6.07, 6.45) is 3.04. The zero-order valence-corrected chi connectivity index (χ0v) is 12.9. The number of hydrogen-bond donors (Lipinski definition) is 2. The second-order valence-electron chi connectivity index (χ2n) is 5.25. The van der Waals surface area contributed by atoms with E-state index in [0.717, 1.165) is 16.9 Å². The van der Waals surface area contributed by atoms with Crippen LogP contribution in [0, 0.1) is 0 Å². The van der Waals surface area contributed by atoms with Crippen LogP contribution >= 0.6 is 11.8 Å². The second-order valence-corrected chi connectivity index (χ2v) is 6.23. The van der Waals surface area contributed by atoms with Gasteiger partial charge in [0.2, 0.25) is 11.8 Å². The summed E-state index contributed by atoms with van der Waals surface area (Å²) >= 11 is 1.65. The molecule has 1 aromatic carbocycles. The second kappa shape index (κ2) is 6.95. The Morgan fingerprint density at radius 1 is 1.38 bits per heavy atom. The molecule has 0 bridgehead atoms. The number of nitrogens with zero attached hydrogens (tertiary/aromatic N) is 1. The Morgan fingerprint density at radius 3 is 2.67 bits per heavy atom. The fraction of sp³-hybridized carbons (Fsp3) is 0.467. The van der Waals surface area contributed by atoms with Crippen LogP contribution in [0.1, 0.15) is 17.5 Å². The maximum absolute atomic E-state index is 12.5. The van der Waals surface area contributed by atoms with Gasteiger partial charge in [0.05, 0.1) is 6.04 Å². The van der Waals surface area contributed by atoms with Gasteiger partial charge in [-0.15, -0.1) is 0 Å². The first kappa shape index (κ1) is 15.9. The molecule has 0 saturated heterocycles. The third kappa shape index (κ3) is 3.57. The molecule has 1 aromatic rings. The van der Waals surface area contributed by atoms with Crippen LogP contribution in [0.3, 0.4) is 0 Å². The van der Waals surface area contributed by atoms with Crippen molar-refractivity contribution in [1.29, 1.82) is 0 Å². The highest BCUT2D eigenvalue weighted by Crippen LogP contribution is 2.24. The van der Waals surface area contributed by atoms with Gasteiger partial charge in [-0.3, -0.25) is 9.59 Å². The van der Waals surface area contributed by atoms with Gasteiger partial charge in [-0.1, -0.05) is 24.3 Å². The molecule has 0 unspecified atom stereocenters. The molecule has 21 heavy (non-hydrogen) atoms. The maximum Gasteiger partial charge on any atom is 0.240 e. The number of carbonyl (C=O) groups excluding carboxylic acids is 2. The summed E-state index contributed by atoms with van der Waals surface area (Å²) in [6.45, 7) is 0.398. The number of primary amides is 1. The van der Waals surface area contributed by atoms with Crippen molar-refractivity contribution in [2.24, 2.45) is 11.5 Å². The van der Waals surface area contributed by atoms with Crippen LogP contribution in [-0.2, 0) is 22.6 Å². The van der Waals surface area contributed by atoms with Crippen molar-refractivity contribution in [3.05, 3.63) is 35.4 Å². The average molecular weight is 307 g/mol. The smallest absolute Gasteiger partial charge is 0.240 e. The molecule has 114 valence electrons. The molecule has 6 heteroatoms. The summed E-state index contributed by atoms with van der Waals surface area (Å²) < 4.78 is 0. The molecule has 0 spiro atoms. The van der Waals surface area contributed by atoms with Crippen LogP contribution in [0.2, 0.25) is 0 Å². The van der Waals surface area contributed by atoms with E-state index in [9.17, 15) is 9.59 Å². The summed E-state index contributed by atoms with van der Waals surface area (Å²) in [6, 6.07) is 6.62. The Morgan fingerprint density at radius 2 is 2.05 bits per heavy atom. The number of thioether (sulfide) groups is 1. The van der Waals surface area contributed by atoms with Gasteiger partial charge in [-0.25, -0.2) is 0 Å². The van der Waals surface area contributed by atoms with Crippen LogP contribution in [-0.4, -0.2) is 40.8 Å². The van der Waals surface area contributed by atoms with Crippen molar-refractivity contribution in [3.8, 4) is 0 Å². The van der Waals surface area contributed by atoms with Gasteiger partial charge in [-0.05, 0) is 29.6 Å². The Labute approximate surface area is 129 Å². The predicted octanol–water partition coefficient (Wildman–Crippen LogP) is 0.506. The first-order valence-corrected chi connectivity index (χ1v) is 8.35. The summed E-state index contributed by atoms with van der Waals surface area (Å²) in [7, 11) is 0. The molecular formula is C15H21N3O2S. The average Bonchev–Trinajstić information content (AvgIpc) is 2.50. The van der Waals surface area contributed by atoms with Crippen LogP contribution in [0.15, 0.2) is 24.3 Å². The lowest BCUT2D eigenvalue weighted by Gasteiger charge is -2.36. The molecule has 1 aliphatic heterocycles. The number of carbonyl (C=O) groups is 2. The number of fused-ring (bicyclic) bond motifs is 1. The SMILES string of the molecule is CSCC[C@H](N)C(=O)N1Cc2ccccc2C[C@H]1C(N)=O. The van der Waals surface area contributed by atoms with E-state index in [1.807, 2.05) is 30.5 Å². The Bertz CT molecular complexity index is 535. The summed E-state index contributed by atoms with van der Waals surface area (Å²) in [5.41, 5.74) is 13.6. The molecule has 0 aromatic heterocycles. The van der Waals surface area contributed by atoms with Gasteiger partial charge in [0, 0.05) is 13.0 Å². The molecule has 0 aliphatic carbocycles. The minimum Gasteiger partial charge on any atom is -0.368 e. The highest BCUT2D eigenvalue weighted by molar-refractivity contribution is 7.98. The van der Waals surface area contributed by atoms with Crippen molar-refractivity contribution < 1.29 is 9.59 Å². The van der Waals surface area contributed by atoms with E-state index in [1.54, 1.807) is 11.8 Å². The van der Waals surface area contributed by atoms with Crippen molar-refractivity contribution in [3.63, 3.8) is 0 Å². The third-order valence-electron chi connectivity index (χ3n) is 3.81. The lowest BCUT2D eigenvalue weighted by molar-refractivity contribution is -0.141. The number of rotatable bonds is 5. The monoisotopic (exact) mass is 307 g/mol. The molecule has 1 heterocycles. The number of amides is 2. The Balaban J connectivity index is 2.20. The minimum absolute atomic E-state index is 0.192. The van der Waals surface area contributed by atoms with Crippen LogP contribution < -0.4 is 11.5 Å². The highest BCUT2D eigenvalue weighted by Gasteiger charge is 2.35. The standard InChI is InChI=1S/C15H21N3O2S/c1-21-7-6-12(16)15(20)18-9-11-5-3-2-4-10(11)8-13(18)14(17)19/h2-5,12-13H,6-9,16H2,1H3,(H2,17,19)/t12-,13-/m0/s1. The highest BCUT2D eigenvalue weighted by atomic mass is 32.2. The van der Waals surface area contributed by atoms with E-state index in [0.29, 0.717) is 19.4 Å². The van der Waals surface area contributed by atoms with Gasteiger partial charge in [0.15, 0.2) is 0 Å². The van der Waals surface area contributed by atoms with E-state index < -0.39 is 18.0 Å². The lowest BCUT2D eigenvalue weighted by atomic mass is 9.93. The molecule has 4 N–H and O–H groups in total. The van der Waals surface area contributed by atoms with Gasteiger partial charge in [-0.2, -0.15) is 11.8 Å². The maximum atomic E-state index is 12.5. The Kier molecular flexibility index (Phi) is 5.25. The van der Waals surface area contributed by atoms with Crippen LogP contribution in [0.4, 0.5) is 0 Å². The third-order valence-corrected chi connectivity index (χ3v) is 4.45. The quantitative estimate of drug-likeness (QED) is 0.829. The van der Waals surface area contributed by atoms with Gasteiger partial charge >= 0.3 is 0 Å². The summed E-state index contributed by atoms with van der Waals surface area (Å²) in [5, 5.41) is 0. The molecule has 2 atom stereocenters. The lowest BCUT2D eigenvalue weighted by Crippen LogP contribution is -2.55. The minimum atomic E-state index is -0.604. The first-order chi connectivity index (χ1) is 10.0. The molecular weight excluding hydrogens is 286 g/mol. The van der Waals surface area contributed by atoms with Gasteiger partial charge in [0.25, 0.3) is 0 Å². The normalized spacial score (nSPS) is 19.0. The fourth-order valence-electron chi connectivity index (χ4n) is 2.59. The molecule has 1 aliphatic rings. The Hall–Kier alpha value is -1.53. The van der Waals surface area contributed by atoms with E-state index in [1.165, 1.54) is 4.90 Å². The molecule has 2 amide bonds. The summed E-state index contributed by atoms with van der Waals surface area (Å²) in [4.78, 5) is 25.7. The van der Waals surface area contributed by atoms with Crippen LogP contribution in [0.25, 0.3) is 0 Å². The zero-order valence-electron chi connectivity index (χ0n) is 12.1. The van der Waals surface area contributed by atoms with E-state index in [4.69, 9.17) is 11.5 Å². The van der Waals surface area contributed by atoms with E-state index in [-0.39, 0.29) is 5.91 Å². The van der Waals surface area contributed by atoms with Crippen molar-refractivity contribution in [2.75, 3.05) is 12.0 Å². The zero-order chi connectivity index (χ0) is 15.4. The topological polar surface area (TPSA) is 89.4 Å². The summed E-state index contributed by atoms with van der Waals surface area (Å²) in [5.74, 6) is 0.149. The number of benzene rings is 1. The largest absolute Gasteiger partial charge is 0.368 e. The van der Waals surface area contributed by atoms with Crippen molar-refractivity contribution in [1.82, 2.24) is 4.90 Å². The van der Waals surface area contributed by atoms with Gasteiger partial charge < -0.3 is 16.4 Å². The van der Waals surface area contributed by atoms with Gasteiger partial charge in [0.1, 0.15) is 6.04 Å². The van der Waals surface area contributed by atoms with E-state index >= 15 is 0 Å². The molecule has 0 radical (unpaired) electrons. The first-order valence-electron chi connectivity index (χ1n) is 6.95. The van der Waals surface area contributed by atoms with Crippen molar-refractivity contribution in [2.45, 2.75) is 31.5 Å². The number of nitrogens with two attached hydrogens (primary N) is 2. The molecule has 0 fully saturated rings. The predicted molar refractivity (Wildman–Crippen MR) is 84.7 cm³/mol.